The van der Waals surface area contributed by atoms with Gasteiger partial charge >= 0.3 is 6.09 Å². The Bertz CT molecular complexity index is 866. The van der Waals surface area contributed by atoms with E-state index in [1.54, 1.807) is 24.2 Å². The number of hydrogen-bond donors (Lipinski definition) is 1. The lowest BCUT2D eigenvalue weighted by Gasteiger charge is -2.08. The molecule has 2 heterocycles. The number of ether oxygens (including phenoxy) is 1. The molecular weight excluding hydrogens is 354 g/mol. The Hall–Kier alpha value is -2.38. The SMILES string of the molecule is CCc1cc(Sc2cnc(COC(N)=O)s2)cc(-c2cccnc2)c1. The summed E-state index contributed by atoms with van der Waals surface area (Å²) in [6.07, 6.45) is 5.60. The third-order valence-electron chi connectivity index (χ3n) is 3.46. The van der Waals surface area contributed by atoms with Crippen molar-refractivity contribution >= 4 is 29.2 Å². The maximum Gasteiger partial charge on any atom is 0.404 e. The molecule has 0 atom stereocenters. The minimum absolute atomic E-state index is 0.108. The van der Waals surface area contributed by atoms with Gasteiger partial charge in [0.15, 0.2) is 0 Å². The largest absolute Gasteiger partial charge is 0.442 e. The van der Waals surface area contributed by atoms with Crippen molar-refractivity contribution in [3.63, 3.8) is 0 Å². The van der Waals surface area contributed by atoms with Crippen LogP contribution < -0.4 is 5.73 Å². The smallest absolute Gasteiger partial charge is 0.404 e. The number of aromatic nitrogens is 2. The maximum atomic E-state index is 10.7. The summed E-state index contributed by atoms with van der Waals surface area (Å²) in [6, 6.07) is 10.5. The Morgan fingerprint density at radius 1 is 1.28 bits per heavy atom. The fourth-order valence-electron chi connectivity index (χ4n) is 2.28. The Balaban J connectivity index is 1.81. The van der Waals surface area contributed by atoms with Crippen LogP contribution in [0.4, 0.5) is 4.79 Å². The molecule has 1 aromatic carbocycles. The maximum absolute atomic E-state index is 10.7. The first-order valence-corrected chi connectivity index (χ1v) is 9.36. The number of primary amides is 1. The zero-order valence-electron chi connectivity index (χ0n) is 13.6. The molecule has 25 heavy (non-hydrogen) atoms. The number of thiazole rings is 1. The van der Waals surface area contributed by atoms with Gasteiger partial charge in [0.05, 0.1) is 10.4 Å². The first kappa shape index (κ1) is 17.4. The highest BCUT2D eigenvalue weighted by Gasteiger charge is 2.08. The van der Waals surface area contributed by atoms with E-state index in [2.05, 4.69) is 41.2 Å². The molecule has 0 saturated carbocycles. The summed E-state index contributed by atoms with van der Waals surface area (Å²) in [7, 11) is 0. The predicted molar refractivity (Wildman–Crippen MR) is 99.7 cm³/mol. The van der Waals surface area contributed by atoms with Crippen molar-refractivity contribution in [2.45, 2.75) is 29.1 Å². The van der Waals surface area contributed by atoms with Crippen molar-refractivity contribution in [3.8, 4) is 11.1 Å². The van der Waals surface area contributed by atoms with Crippen LogP contribution in [0.25, 0.3) is 11.1 Å². The minimum atomic E-state index is -0.791. The fraction of sp³-hybridized carbons (Fsp3) is 0.167. The van der Waals surface area contributed by atoms with E-state index in [0.717, 1.165) is 31.7 Å². The van der Waals surface area contributed by atoms with Gasteiger partial charge in [-0.2, -0.15) is 0 Å². The number of benzene rings is 1. The van der Waals surface area contributed by atoms with Crippen molar-refractivity contribution in [3.05, 3.63) is 59.5 Å². The molecule has 1 amide bonds. The van der Waals surface area contributed by atoms with Gasteiger partial charge in [-0.25, -0.2) is 9.78 Å². The van der Waals surface area contributed by atoms with Crippen LogP contribution in [0.5, 0.6) is 0 Å². The molecule has 2 N–H and O–H groups in total. The molecule has 7 heteroatoms. The summed E-state index contributed by atoms with van der Waals surface area (Å²) in [6.45, 7) is 2.25. The van der Waals surface area contributed by atoms with Crippen molar-refractivity contribution < 1.29 is 9.53 Å². The Kier molecular flexibility index (Phi) is 5.67. The highest BCUT2D eigenvalue weighted by atomic mass is 32.2. The van der Waals surface area contributed by atoms with Crippen LogP contribution in [-0.4, -0.2) is 16.1 Å². The molecule has 0 unspecified atom stereocenters. The summed E-state index contributed by atoms with van der Waals surface area (Å²) in [4.78, 5) is 20.3. The molecule has 0 spiro atoms. The van der Waals surface area contributed by atoms with Crippen LogP contribution in [-0.2, 0) is 17.8 Å². The Morgan fingerprint density at radius 3 is 2.88 bits per heavy atom. The van der Waals surface area contributed by atoms with Crippen LogP contribution in [0.3, 0.4) is 0 Å². The second-order valence-corrected chi connectivity index (χ2v) is 7.73. The summed E-state index contributed by atoms with van der Waals surface area (Å²) in [5.41, 5.74) is 8.50. The molecule has 2 aromatic heterocycles. The Morgan fingerprint density at radius 2 is 2.16 bits per heavy atom. The van der Waals surface area contributed by atoms with Gasteiger partial charge in [-0.1, -0.05) is 30.8 Å². The monoisotopic (exact) mass is 371 g/mol. The number of aryl methyl sites for hydroxylation is 1. The number of pyridine rings is 1. The second-order valence-electron chi connectivity index (χ2n) is 5.24. The minimum Gasteiger partial charge on any atom is -0.442 e. The van der Waals surface area contributed by atoms with Crippen LogP contribution in [0.15, 0.2) is 58.0 Å². The average Bonchev–Trinajstić information content (AvgIpc) is 3.07. The lowest BCUT2D eigenvalue weighted by Crippen LogP contribution is -2.12. The van der Waals surface area contributed by atoms with Crippen molar-refractivity contribution in [1.82, 2.24) is 9.97 Å². The van der Waals surface area contributed by atoms with Crippen LogP contribution in [0, 0.1) is 0 Å². The van der Waals surface area contributed by atoms with Gasteiger partial charge < -0.3 is 10.5 Å². The van der Waals surface area contributed by atoms with Crippen molar-refractivity contribution in [1.29, 1.82) is 0 Å². The standard InChI is InChI=1S/C18H17N3O2S2/c1-2-12-6-14(13-4-3-5-20-9-13)8-15(7-12)24-17-10-21-16(25-17)11-23-18(19)22/h3-10H,2,11H2,1H3,(H2,19,22). The number of nitrogens with two attached hydrogens (primary N) is 1. The number of rotatable bonds is 6. The summed E-state index contributed by atoms with van der Waals surface area (Å²) in [5, 5.41) is 0.723. The zero-order valence-corrected chi connectivity index (χ0v) is 15.3. The number of amides is 1. The van der Waals surface area contributed by atoms with Crippen molar-refractivity contribution in [2.75, 3.05) is 0 Å². The molecule has 0 fully saturated rings. The molecule has 3 aromatic rings. The van der Waals surface area contributed by atoms with Gasteiger partial charge in [-0.3, -0.25) is 4.98 Å². The molecule has 128 valence electrons. The molecule has 0 aliphatic carbocycles. The van der Waals surface area contributed by atoms with Crippen LogP contribution in [0.1, 0.15) is 17.5 Å². The van der Waals surface area contributed by atoms with Crippen LogP contribution >= 0.6 is 23.1 Å². The molecule has 5 nitrogen and oxygen atoms in total. The van der Waals surface area contributed by atoms with E-state index in [1.807, 2.05) is 12.3 Å². The quantitative estimate of drug-likeness (QED) is 0.689. The van der Waals surface area contributed by atoms with E-state index in [9.17, 15) is 4.79 Å². The number of carbonyl (C=O) groups excluding carboxylic acids is 1. The number of carbonyl (C=O) groups is 1. The number of nitrogens with zero attached hydrogens (tertiary/aromatic N) is 2. The molecule has 0 radical (unpaired) electrons. The summed E-state index contributed by atoms with van der Waals surface area (Å²) in [5.74, 6) is 0. The van der Waals surface area contributed by atoms with E-state index < -0.39 is 6.09 Å². The molecule has 0 aliphatic heterocycles. The van der Waals surface area contributed by atoms with Gasteiger partial charge in [0.2, 0.25) is 0 Å². The zero-order chi connectivity index (χ0) is 17.6. The Labute approximate surface area is 154 Å². The van der Waals surface area contributed by atoms with E-state index in [4.69, 9.17) is 10.5 Å². The first-order chi connectivity index (χ1) is 12.1. The van der Waals surface area contributed by atoms with E-state index >= 15 is 0 Å². The lowest BCUT2D eigenvalue weighted by atomic mass is 10.0. The topological polar surface area (TPSA) is 78.1 Å². The fourth-order valence-corrected chi connectivity index (χ4v) is 4.32. The normalized spacial score (nSPS) is 10.6. The molecule has 3 rings (SSSR count). The van der Waals surface area contributed by atoms with Crippen molar-refractivity contribution in [2.24, 2.45) is 5.73 Å². The first-order valence-electron chi connectivity index (χ1n) is 7.73. The second kappa shape index (κ2) is 8.13. The van der Waals surface area contributed by atoms with E-state index in [-0.39, 0.29) is 6.61 Å². The highest BCUT2D eigenvalue weighted by molar-refractivity contribution is 8.01. The van der Waals surface area contributed by atoms with Gasteiger partial charge in [0, 0.05) is 22.9 Å². The molecule has 0 saturated heterocycles. The van der Waals surface area contributed by atoms with Gasteiger partial charge in [0.1, 0.15) is 11.6 Å². The summed E-state index contributed by atoms with van der Waals surface area (Å²) >= 11 is 3.14. The van der Waals surface area contributed by atoms with E-state index in [1.165, 1.54) is 16.9 Å². The highest BCUT2D eigenvalue weighted by Crippen LogP contribution is 2.35. The van der Waals surface area contributed by atoms with E-state index in [0.29, 0.717) is 0 Å². The van der Waals surface area contributed by atoms with Gasteiger partial charge in [0.25, 0.3) is 0 Å². The van der Waals surface area contributed by atoms with Gasteiger partial charge in [-0.05, 0) is 35.7 Å². The third-order valence-corrected chi connectivity index (χ3v) is 5.50. The third kappa shape index (κ3) is 4.80. The lowest BCUT2D eigenvalue weighted by molar-refractivity contribution is 0.150. The average molecular weight is 371 g/mol. The van der Waals surface area contributed by atoms with Gasteiger partial charge in [-0.15, -0.1) is 11.3 Å². The predicted octanol–water partition coefficient (Wildman–Crippen LogP) is 4.51. The van der Waals surface area contributed by atoms with Crippen LogP contribution in [0.2, 0.25) is 0 Å². The molecular formula is C18H17N3O2S2. The molecule has 0 bridgehead atoms. The number of hydrogen-bond acceptors (Lipinski definition) is 6. The molecule has 0 aliphatic rings. The summed E-state index contributed by atoms with van der Waals surface area (Å²) < 4.78 is 5.81.